The van der Waals surface area contributed by atoms with E-state index >= 15 is 0 Å². The molecule has 1 saturated heterocycles. The van der Waals surface area contributed by atoms with Crippen molar-refractivity contribution >= 4 is 17.4 Å². The highest BCUT2D eigenvalue weighted by molar-refractivity contribution is 5.76. The molecule has 0 aliphatic carbocycles. The number of allylic oxidation sites excluding steroid dienone is 1. The number of carbonyl (C=O) groups excluding carboxylic acids is 1. The minimum Gasteiger partial charge on any atom is -0.444 e. The van der Waals surface area contributed by atoms with Gasteiger partial charge in [-0.3, -0.25) is 0 Å². The Hall–Kier alpha value is -2.48. The summed E-state index contributed by atoms with van der Waals surface area (Å²) < 4.78 is 5.43. The Morgan fingerprint density at radius 1 is 1.25 bits per heavy atom. The molecular weight excluding hydrogens is 302 g/mol. The Balaban J connectivity index is 2.09. The fourth-order valence-corrected chi connectivity index (χ4v) is 2.68. The van der Waals surface area contributed by atoms with Crippen LogP contribution >= 0.6 is 0 Å². The van der Waals surface area contributed by atoms with Gasteiger partial charge in [0.25, 0.3) is 0 Å². The maximum absolute atomic E-state index is 12.2. The third-order valence-electron chi connectivity index (χ3n) is 3.86. The molecule has 2 rings (SSSR count). The Morgan fingerprint density at radius 2 is 1.88 bits per heavy atom. The van der Waals surface area contributed by atoms with Crippen LogP contribution < -0.4 is 4.90 Å². The van der Waals surface area contributed by atoms with Crippen LogP contribution in [0.4, 0.5) is 10.5 Å². The summed E-state index contributed by atoms with van der Waals surface area (Å²) in [6.45, 7) is 14.3. The van der Waals surface area contributed by atoms with Gasteiger partial charge in [0.1, 0.15) is 5.60 Å². The zero-order valence-corrected chi connectivity index (χ0v) is 14.9. The number of anilines is 1. The molecular formula is C19H25N3O2. The first kappa shape index (κ1) is 17.9. The minimum absolute atomic E-state index is 0.262. The lowest BCUT2D eigenvalue weighted by atomic mass is 10.0. The predicted molar refractivity (Wildman–Crippen MR) is 95.9 cm³/mol. The number of piperazine rings is 1. The number of nitriles is 1. The lowest BCUT2D eigenvalue weighted by molar-refractivity contribution is 0.0240. The highest BCUT2D eigenvalue weighted by atomic mass is 16.6. The number of amides is 1. The molecule has 1 fully saturated rings. The smallest absolute Gasteiger partial charge is 0.410 e. The van der Waals surface area contributed by atoms with E-state index in [0.717, 1.165) is 29.9 Å². The first-order chi connectivity index (χ1) is 11.2. The minimum atomic E-state index is -0.478. The molecule has 1 aliphatic rings. The highest BCUT2D eigenvalue weighted by Crippen LogP contribution is 2.28. The number of hydrogen-bond donors (Lipinski definition) is 0. The number of carbonyl (C=O) groups is 1. The third-order valence-corrected chi connectivity index (χ3v) is 3.86. The summed E-state index contributed by atoms with van der Waals surface area (Å²) in [5.74, 6) is 0. The molecule has 1 aliphatic heterocycles. The fraction of sp³-hybridized carbons (Fsp3) is 0.474. The van der Waals surface area contributed by atoms with Crippen LogP contribution in [-0.2, 0) is 4.74 Å². The normalized spacial score (nSPS) is 15.0. The van der Waals surface area contributed by atoms with Gasteiger partial charge in [0, 0.05) is 37.4 Å². The van der Waals surface area contributed by atoms with Crippen molar-refractivity contribution in [2.75, 3.05) is 31.1 Å². The van der Waals surface area contributed by atoms with Crippen molar-refractivity contribution in [1.82, 2.24) is 4.90 Å². The molecule has 0 saturated carbocycles. The molecule has 128 valence electrons. The van der Waals surface area contributed by atoms with Crippen LogP contribution in [0.2, 0.25) is 0 Å². The van der Waals surface area contributed by atoms with Gasteiger partial charge in [0.2, 0.25) is 0 Å². The summed E-state index contributed by atoms with van der Waals surface area (Å²) in [7, 11) is 0. The van der Waals surface area contributed by atoms with Gasteiger partial charge in [-0.15, -0.1) is 0 Å². The number of rotatable bonds is 2. The molecule has 5 nitrogen and oxygen atoms in total. The highest BCUT2D eigenvalue weighted by Gasteiger charge is 2.26. The largest absolute Gasteiger partial charge is 0.444 e. The van der Waals surface area contributed by atoms with Crippen LogP contribution in [0.25, 0.3) is 5.57 Å². The molecule has 0 N–H and O–H groups in total. The summed E-state index contributed by atoms with van der Waals surface area (Å²) >= 11 is 0. The van der Waals surface area contributed by atoms with Crippen molar-refractivity contribution in [2.45, 2.75) is 33.3 Å². The van der Waals surface area contributed by atoms with E-state index in [-0.39, 0.29) is 6.09 Å². The lowest BCUT2D eigenvalue weighted by Crippen LogP contribution is -2.50. The maximum Gasteiger partial charge on any atom is 0.410 e. The van der Waals surface area contributed by atoms with Crippen molar-refractivity contribution in [2.24, 2.45) is 0 Å². The maximum atomic E-state index is 12.2. The molecule has 0 bridgehead atoms. The van der Waals surface area contributed by atoms with Gasteiger partial charge < -0.3 is 14.5 Å². The predicted octanol–water partition coefficient (Wildman–Crippen LogP) is 3.65. The summed E-state index contributed by atoms with van der Waals surface area (Å²) in [6, 6.07) is 7.83. The summed E-state index contributed by atoms with van der Waals surface area (Å²) in [5.41, 5.74) is 3.12. The van der Waals surface area contributed by atoms with E-state index in [1.54, 1.807) is 4.90 Å². The van der Waals surface area contributed by atoms with Gasteiger partial charge in [-0.1, -0.05) is 6.58 Å². The zero-order chi connectivity index (χ0) is 17.9. The summed E-state index contributed by atoms with van der Waals surface area (Å²) in [4.78, 5) is 16.1. The van der Waals surface area contributed by atoms with Gasteiger partial charge >= 0.3 is 6.09 Å². The van der Waals surface area contributed by atoms with Crippen LogP contribution in [0.5, 0.6) is 0 Å². The van der Waals surface area contributed by atoms with Crippen LogP contribution in [0.15, 0.2) is 24.8 Å². The van der Waals surface area contributed by atoms with Gasteiger partial charge in [-0.05, 0) is 51.5 Å². The number of nitrogens with zero attached hydrogens (tertiary/aromatic N) is 3. The van der Waals surface area contributed by atoms with Crippen LogP contribution in [0, 0.1) is 11.3 Å². The van der Waals surface area contributed by atoms with E-state index in [2.05, 4.69) is 17.5 Å². The SMILES string of the molecule is C=C(C)c1cc(C#N)ccc1N1CCN(C(=O)OC(C)(C)C)CC1. The van der Waals surface area contributed by atoms with Gasteiger partial charge in [-0.2, -0.15) is 5.26 Å². The molecule has 0 unspecified atom stereocenters. The van der Waals surface area contributed by atoms with E-state index in [1.807, 2.05) is 45.9 Å². The number of ether oxygens (including phenoxy) is 1. The molecule has 24 heavy (non-hydrogen) atoms. The quantitative estimate of drug-likeness (QED) is 0.832. The van der Waals surface area contributed by atoms with E-state index < -0.39 is 5.60 Å². The topological polar surface area (TPSA) is 56.6 Å². The zero-order valence-electron chi connectivity index (χ0n) is 14.9. The molecule has 1 amide bonds. The van der Waals surface area contributed by atoms with E-state index in [9.17, 15) is 4.79 Å². The Labute approximate surface area is 144 Å². The summed E-state index contributed by atoms with van der Waals surface area (Å²) in [6.07, 6.45) is -0.262. The third kappa shape index (κ3) is 4.29. The average Bonchev–Trinajstić information content (AvgIpc) is 2.52. The van der Waals surface area contributed by atoms with E-state index in [0.29, 0.717) is 18.7 Å². The second kappa shape index (κ2) is 6.96. The van der Waals surface area contributed by atoms with Crippen LogP contribution in [0.1, 0.15) is 38.8 Å². The average molecular weight is 327 g/mol. The molecule has 5 heteroatoms. The molecule has 1 aromatic rings. The second-order valence-corrected chi connectivity index (χ2v) is 7.08. The van der Waals surface area contributed by atoms with Gasteiger partial charge in [0.05, 0.1) is 11.6 Å². The summed E-state index contributed by atoms with van der Waals surface area (Å²) in [5, 5.41) is 9.08. The monoisotopic (exact) mass is 327 g/mol. The first-order valence-corrected chi connectivity index (χ1v) is 8.14. The lowest BCUT2D eigenvalue weighted by Gasteiger charge is -2.37. The van der Waals surface area contributed by atoms with Crippen molar-refractivity contribution < 1.29 is 9.53 Å². The molecule has 0 radical (unpaired) electrons. The Bertz CT molecular complexity index is 675. The molecule has 1 aromatic carbocycles. The fourth-order valence-electron chi connectivity index (χ4n) is 2.68. The van der Waals surface area contributed by atoms with Crippen LogP contribution in [0.3, 0.4) is 0 Å². The number of hydrogen-bond acceptors (Lipinski definition) is 4. The standard InChI is InChI=1S/C19H25N3O2/c1-14(2)16-12-15(13-20)6-7-17(16)21-8-10-22(11-9-21)18(23)24-19(3,4)5/h6-7,12H,1,8-11H2,2-5H3. The van der Waals surface area contributed by atoms with Gasteiger partial charge in [0.15, 0.2) is 0 Å². The van der Waals surface area contributed by atoms with Crippen LogP contribution in [-0.4, -0.2) is 42.8 Å². The van der Waals surface area contributed by atoms with Crippen molar-refractivity contribution in [1.29, 1.82) is 5.26 Å². The second-order valence-electron chi connectivity index (χ2n) is 7.08. The van der Waals surface area contributed by atoms with Crippen molar-refractivity contribution in [3.63, 3.8) is 0 Å². The van der Waals surface area contributed by atoms with Crippen molar-refractivity contribution in [3.8, 4) is 6.07 Å². The van der Waals surface area contributed by atoms with Crippen molar-refractivity contribution in [3.05, 3.63) is 35.9 Å². The Kier molecular flexibility index (Phi) is 5.18. The van der Waals surface area contributed by atoms with E-state index in [4.69, 9.17) is 10.00 Å². The molecule has 0 aromatic heterocycles. The first-order valence-electron chi connectivity index (χ1n) is 8.14. The number of benzene rings is 1. The molecule has 0 atom stereocenters. The Morgan fingerprint density at radius 3 is 2.38 bits per heavy atom. The molecule has 1 heterocycles. The van der Waals surface area contributed by atoms with E-state index in [1.165, 1.54) is 0 Å². The van der Waals surface area contributed by atoms with Gasteiger partial charge in [-0.25, -0.2) is 4.79 Å². The molecule has 0 spiro atoms.